The van der Waals surface area contributed by atoms with Gasteiger partial charge >= 0.3 is 0 Å². The van der Waals surface area contributed by atoms with Crippen molar-refractivity contribution in [3.8, 4) is 6.07 Å². The number of amides is 1. The van der Waals surface area contributed by atoms with Crippen molar-refractivity contribution in [2.24, 2.45) is 0 Å². The number of carbonyl (C=O) groups excluding carboxylic acids is 2. The van der Waals surface area contributed by atoms with Gasteiger partial charge in [-0.1, -0.05) is 0 Å². The summed E-state index contributed by atoms with van der Waals surface area (Å²) >= 11 is 1.26. The highest BCUT2D eigenvalue weighted by Gasteiger charge is 2.18. The first kappa shape index (κ1) is 18.5. The number of carbonyl (C=O) groups is 2. The molecule has 0 fully saturated rings. The van der Waals surface area contributed by atoms with E-state index in [-0.39, 0.29) is 17.0 Å². The van der Waals surface area contributed by atoms with Gasteiger partial charge in [-0.25, -0.2) is 9.37 Å². The van der Waals surface area contributed by atoms with E-state index >= 15 is 0 Å². The van der Waals surface area contributed by atoms with E-state index in [0.717, 1.165) is 0 Å². The molecule has 1 aromatic carbocycles. The van der Waals surface area contributed by atoms with Gasteiger partial charge in [0.25, 0.3) is 0 Å². The molecule has 0 radical (unpaired) electrons. The number of ketones is 1. The van der Waals surface area contributed by atoms with E-state index in [1.54, 1.807) is 5.38 Å². The van der Waals surface area contributed by atoms with Crippen molar-refractivity contribution in [3.05, 3.63) is 52.4 Å². The van der Waals surface area contributed by atoms with E-state index in [9.17, 15) is 19.2 Å². The maximum Gasteiger partial charge on any atom is 0.225 e. The van der Waals surface area contributed by atoms with E-state index in [2.05, 4.69) is 9.97 Å². The van der Waals surface area contributed by atoms with Crippen molar-refractivity contribution < 1.29 is 14.0 Å². The fourth-order valence-corrected chi connectivity index (χ4v) is 3.58. The summed E-state index contributed by atoms with van der Waals surface area (Å²) in [6.07, 6.45) is 2.84. The van der Waals surface area contributed by atoms with Crippen LogP contribution in [0.4, 0.5) is 9.52 Å². The molecule has 0 saturated carbocycles. The number of Topliss-reactive ketones (excluding diaryl/α,β-unsaturated/α-hetero) is 1. The van der Waals surface area contributed by atoms with Gasteiger partial charge in [0, 0.05) is 41.5 Å². The largest absolute Gasteiger partial charge is 0.360 e. The van der Waals surface area contributed by atoms with Crippen LogP contribution < -0.4 is 4.90 Å². The first-order chi connectivity index (χ1) is 12.9. The molecule has 0 unspecified atom stereocenters. The summed E-state index contributed by atoms with van der Waals surface area (Å²) < 4.78 is 13.3. The number of benzene rings is 1. The van der Waals surface area contributed by atoms with Crippen LogP contribution in [0, 0.1) is 17.1 Å². The molecule has 6 nitrogen and oxygen atoms in total. The Labute approximate surface area is 158 Å². The minimum Gasteiger partial charge on any atom is -0.360 e. The number of aromatic nitrogens is 2. The van der Waals surface area contributed by atoms with Crippen LogP contribution in [0.5, 0.6) is 0 Å². The van der Waals surface area contributed by atoms with Crippen LogP contribution in [0.2, 0.25) is 0 Å². The SMILES string of the molecule is CCN(C(C)=O)c1nc(/C=C(/C#N)C(=O)c2c[nH]c3cc(F)ccc23)cs1. The molecule has 0 aliphatic heterocycles. The second-order valence-electron chi connectivity index (χ2n) is 5.71. The highest BCUT2D eigenvalue weighted by Crippen LogP contribution is 2.25. The molecule has 0 aliphatic carbocycles. The summed E-state index contributed by atoms with van der Waals surface area (Å²) in [7, 11) is 0. The third kappa shape index (κ3) is 3.64. The molecule has 136 valence electrons. The lowest BCUT2D eigenvalue weighted by Gasteiger charge is -2.14. The number of nitrogens with zero attached hydrogens (tertiary/aromatic N) is 3. The zero-order valence-electron chi connectivity index (χ0n) is 14.6. The van der Waals surface area contributed by atoms with Crippen LogP contribution in [0.15, 0.2) is 35.3 Å². The second kappa shape index (κ2) is 7.51. The predicted molar refractivity (Wildman–Crippen MR) is 102 cm³/mol. The van der Waals surface area contributed by atoms with Crippen LogP contribution in [-0.2, 0) is 4.79 Å². The van der Waals surface area contributed by atoms with Crippen LogP contribution in [0.3, 0.4) is 0 Å². The molecule has 0 bridgehead atoms. The van der Waals surface area contributed by atoms with Crippen molar-refractivity contribution in [2.45, 2.75) is 13.8 Å². The third-order valence-electron chi connectivity index (χ3n) is 3.98. The number of thiazole rings is 1. The zero-order chi connectivity index (χ0) is 19.6. The molecule has 3 aromatic rings. The summed E-state index contributed by atoms with van der Waals surface area (Å²) in [5.41, 5.74) is 1.09. The molecule has 2 aromatic heterocycles. The highest BCUT2D eigenvalue weighted by molar-refractivity contribution is 7.14. The van der Waals surface area contributed by atoms with Gasteiger partial charge in [0.05, 0.1) is 5.69 Å². The normalized spacial score (nSPS) is 11.4. The number of anilines is 1. The van der Waals surface area contributed by atoms with E-state index in [1.165, 1.54) is 53.6 Å². The summed E-state index contributed by atoms with van der Waals surface area (Å²) in [6.45, 7) is 3.76. The molecule has 8 heteroatoms. The van der Waals surface area contributed by atoms with Crippen molar-refractivity contribution in [2.75, 3.05) is 11.4 Å². The van der Waals surface area contributed by atoms with Crippen LogP contribution in [-0.4, -0.2) is 28.2 Å². The van der Waals surface area contributed by atoms with Gasteiger partial charge in [-0.05, 0) is 31.2 Å². The van der Waals surface area contributed by atoms with Crippen molar-refractivity contribution in [1.82, 2.24) is 9.97 Å². The zero-order valence-corrected chi connectivity index (χ0v) is 15.4. The van der Waals surface area contributed by atoms with Gasteiger partial charge in [0.2, 0.25) is 11.7 Å². The average molecular weight is 382 g/mol. The van der Waals surface area contributed by atoms with Crippen molar-refractivity contribution in [1.29, 1.82) is 5.26 Å². The van der Waals surface area contributed by atoms with Gasteiger partial charge < -0.3 is 4.98 Å². The molecule has 0 saturated heterocycles. The number of hydrogen-bond donors (Lipinski definition) is 1. The molecule has 0 spiro atoms. The van der Waals surface area contributed by atoms with E-state index in [1.807, 2.05) is 13.0 Å². The number of rotatable bonds is 5. The Morgan fingerprint density at radius 3 is 2.89 bits per heavy atom. The molecule has 1 N–H and O–H groups in total. The lowest BCUT2D eigenvalue weighted by Crippen LogP contribution is -2.27. The molecular formula is C19H15FN4O2S. The first-order valence-corrected chi connectivity index (χ1v) is 8.99. The lowest BCUT2D eigenvalue weighted by atomic mass is 10.0. The number of H-pyrrole nitrogens is 1. The number of allylic oxidation sites excluding steroid dienone is 1. The molecule has 3 rings (SSSR count). The lowest BCUT2D eigenvalue weighted by molar-refractivity contribution is -0.116. The number of nitriles is 1. The van der Waals surface area contributed by atoms with Gasteiger partial charge in [-0.15, -0.1) is 11.3 Å². The Balaban J connectivity index is 1.94. The van der Waals surface area contributed by atoms with Crippen LogP contribution in [0.1, 0.15) is 29.9 Å². The van der Waals surface area contributed by atoms with Gasteiger partial charge in [0.15, 0.2) is 5.13 Å². The predicted octanol–water partition coefficient (Wildman–Crippen LogP) is 3.93. The topological polar surface area (TPSA) is 89.8 Å². The molecule has 0 aliphatic rings. The first-order valence-electron chi connectivity index (χ1n) is 8.11. The Bertz CT molecular complexity index is 1110. The summed E-state index contributed by atoms with van der Waals surface area (Å²) in [6, 6.07) is 5.94. The number of aromatic amines is 1. The number of fused-ring (bicyclic) bond motifs is 1. The fourth-order valence-electron chi connectivity index (χ4n) is 2.69. The van der Waals surface area contributed by atoms with Gasteiger partial charge in [-0.3, -0.25) is 14.5 Å². The quantitative estimate of drug-likeness (QED) is 0.411. The molecular weight excluding hydrogens is 367 g/mol. The monoisotopic (exact) mass is 382 g/mol. The minimum absolute atomic E-state index is 0.0945. The highest BCUT2D eigenvalue weighted by atomic mass is 32.1. The summed E-state index contributed by atoms with van der Waals surface area (Å²) in [5.74, 6) is -1.03. The Hall–Kier alpha value is -3.31. The Kier molecular flexibility index (Phi) is 5.14. The average Bonchev–Trinajstić information content (AvgIpc) is 3.26. The molecule has 27 heavy (non-hydrogen) atoms. The maximum absolute atomic E-state index is 13.3. The third-order valence-corrected chi connectivity index (χ3v) is 4.86. The van der Waals surface area contributed by atoms with E-state index in [0.29, 0.717) is 28.3 Å². The summed E-state index contributed by atoms with van der Waals surface area (Å²) in [4.78, 5) is 33.0. The van der Waals surface area contributed by atoms with Crippen molar-refractivity contribution in [3.63, 3.8) is 0 Å². The Morgan fingerprint density at radius 2 is 2.22 bits per heavy atom. The van der Waals surface area contributed by atoms with E-state index < -0.39 is 11.6 Å². The smallest absolute Gasteiger partial charge is 0.225 e. The fraction of sp³-hybridized carbons (Fsp3) is 0.158. The number of halogens is 1. The van der Waals surface area contributed by atoms with Crippen LogP contribution in [0.25, 0.3) is 17.0 Å². The molecule has 1 amide bonds. The van der Waals surface area contributed by atoms with Crippen LogP contribution >= 0.6 is 11.3 Å². The van der Waals surface area contributed by atoms with Crippen molar-refractivity contribution >= 4 is 45.1 Å². The number of nitrogens with one attached hydrogen (secondary N) is 1. The van der Waals surface area contributed by atoms with Gasteiger partial charge in [0.1, 0.15) is 17.5 Å². The minimum atomic E-state index is -0.483. The second-order valence-corrected chi connectivity index (χ2v) is 6.55. The maximum atomic E-state index is 13.3. The molecule has 2 heterocycles. The summed E-state index contributed by atoms with van der Waals surface area (Å²) in [5, 5.41) is 12.1. The number of hydrogen-bond acceptors (Lipinski definition) is 5. The molecule has 0 atom stereocenters. The standard InChI is InChI=1S/C19H15FN4O2S/c1-3-24(11(2)25)19-23-14(10-27-19)6-12(8-21)18(26)16-9-22-17-7-13(20)4-5-15(16)17/h4-7,9-10,22H,3H2,1-2H3/b12-6-. The Morgan fingerprint density at radius 1 is 1.44 bits per heavy atom. The van der Waals surface area contributed by atoms with E-state index in [4.69, 9.17) is 0 Å². The van der Waals surface area contributed by atoms with Gasteiger partial charge in [-0.2, -0.15) is 5.26 Å².